The monoisotopic (exact) mass is 202 g/mol. The number of halogens is 1. The molecule has 2 aromatic rings. The average Bonchev–Trinajstić information content (AvgIpc) is 2.22. The van der Waals surface area contributed by atoms with Crippen molar-refractivity contribution in [1.29, 1.82) is 0 Å². The number of hydrogen-bond donors (Lipinski definition) is 1. The van der Waals surface area contributed by atoms with Crippen molar-refractivity contribution in [2.45, 2.75) is 6.92 Å². The molecular weight excluding hydrogens is 191 g/mol. The molecule has 0 spiro atoms. The molecule has 1 heterocycles. The molecule has 0 radical (unpaired) electrons. The Bertz CT molecular complexity index is 495. The van der Waals surface area contributed by atoms with Gasteiger partial charge in [0.15, 0.2) is 0 Å². The maximum atomic E-state index is 13.3. The van der Waals surface area contributed by atoms with Crippen LogP contribution in [-0.2, 0) is 0 Å². The zero-order valence-corrected chi connectivity index (χ0v) is 8.37. The molecule has 2 nitrogen and oxygen atoms in total. The van der Waals surface area contributed by atoms with Gasteiger partial charge in [-0.1, -0.05) is 12.1 Å². The van der Waals surface area contributed by atoms with E-state index in [1.165, 1.54) is 6.07 Å². The molecule has 0 aliphatic rings. The smallest absolute Gasteiger partial charge is 0.126 e. The lowest BCUT2D eigenvalue weighted by Crippen LogP contribution is -1.91. The maximum Gasteiger partial charge on any atom is 0.126 e. The second-order valence-electron chi connectivity index (χ2n) is 3.42. The lowest BCUT2D eigenvalue weighted by atomic mass is 10.0. The lowest BCUT2D eigenvalue weighted by Gasteiger charge is -2.06. The van der Waals surface area contributed by atoms with Crippen LogP contribution in [0.4, 0.5) is 10.1 Å². The van der Waals surface area contributed by atoms with Gasteiger partial charge in [0, 0.05) is 18.0 Å². The molecule has 0 aliphatic heterocycles. The third kappa shape index (κ3) is 1.81. The van der Waals surface area contributed by atoms with E-state index >= 15 is 0 Å². The Morgan fingerprint density at radius 3 is 2.80 bits per heavy atom. The second-order valence-corrected chi connectivity index (χ2v) is 3.42. The van der Waals surface area contributed by atoms with Gasteiger partial charge in [-0.15, -0.1) is 0 Å². The zero-order valence-electron chi connectivity index (χ0n) is 8.37. The average molecular weight is 202 g/mol. The topological polar surface area (TPSA) is 38.9 Å². The molecule has 0 bridgehead atoms. The van der Waals surface area contributed by atoms with Crippen LogP contribution in [0.2, 0.25) is 0 Å². The van der Waals surface area contributed by atoms with Gasteiger partial charge in [0.05, 0.1) is 5.69 Å². The summed E-state index contributed by atoms with van der Waals surface area (Å²) < 4.78 is 13.3. The number of pyridine rings is 1. The number of nitrogens with two attached hydrogens (primary N) is 1. The van der Waals surface area contributed by atoms with E-state index in [2.05, 4.69) is 4.98 Å². The van der Waals surface area contributed by atoms with Gasteiger partial charge in [-0.2, -0.15) is 0 Å². The molecule has 0 unspecified atom stereocenters. The van der Waals surface area contributed by atoms with Crippen LogP contribution in [0.15, 0.2) is 36.7 Å². The normalized spacial score (nSPS) is 10.3. The summed E-state index contributed by atoms with van der Waals surface area (Å²) in [6, 6.07) is 6.77. The second kappa shape index (κ2) is 3.69. The highest BCUT2D eigenvalue weighted by atomic mass is 19.1. The van der Waals surface area contributed by atoms with Crippen molar-refractivity contribution in [3.05, 3.63) is 48.0 Å². The van der Waals surface area contributed by atoms with E-state index in [1.54, 1.807) is 31.5 Å². The molecular formula is C12H11FN2. The van der Waals surface area contributed by atoms with Gasteiger partial charge < -0.3 is 5.73 Å². The van der Waals surface area contributed by atoms with Gasteiger partial charge in [0.2, 0.25) is 0 Å². The third-order valence-electron chi connectivity index (χ3n) is 2.34. The summed E-state index contributed by atoms with van der Waals surface area (Å²) in [4.78, 5) is 3.98. The number of aromatic nitrogens is 1. The Kier molecular flexibility index (Phi) is 2.37. The standard InChI is InChI=1S/C12H11FN2/c1-8-11(3-2-4-12(8)13)9-5-10(14)7-15-6-9/h2-7H,14H2,1H3. The zero-order chi connectivity index (χ0) is 10.8. The molecule has 0 saturated carbocycles. The Hall–Kier alpha value is -1.90. The van der Waals surface area contributed by atoms with Crippen LogP contribution < -0.4 is 5.73 Å². The fraction of sp³-hybridized carbons (Fsp3) is 0.0833. The molecule has 0 aliphatic carbocycles. The van der Waals surface area contributed by atoms with E-state index in [0.29, 0.717) is 11.3 Å². The van der Waals surface area contributed by atoms with E-state index in [-0.39, 0.29) is 5.82 Å². The molecule has 3 heteroatoms. The first kappa shape index (κ1) is 9.65. The van der Waals surface area contributed by atoms with E-state index in [9.17, 15) is 4.39 Å². The van der Waals surface area contributed by atoms with Crippen LogP contribution >= 0.6 is 0 Å². The Morgan fingerprint density at radius 1 is 1.27 bits per heavy atom. The van der Waals surface area contributed by atoms with Crippen molar-refractivity contribution in [3.63, 3.8) is 0 Å². The van der Waals surface area contributed by atoms with Crippen LogP contribution in [-0.4, -0.2) is 4.98 Å². The maximum absolute atomic E-state index is 13.3. The minimum atomic E-state index is -0.213. The van der Waals surface area contributed by atoms with Gasteiger partial charge in [-0.3, -0.25) is 4.98 Å². The van der Waals surface area contributed by atoms with Crippen LogP contribution in [0.3, 0.4) is 0 Å². The summed E-state index contributed by atoms with van der Waals surface area (Å²) in [5.41, 5.74) is 8.49. The summed E-state index contributed by atoms with van der Waals surface area (Å²) in [6.07, 6.45) is 3.25. The number of anilines is 1. The first-order valence-corrected chi connectivity index (χ1v) is 4.64. The van der Waals surface area contributed by atoms with Gasteiger partial charge in [0.25, 0.3) is 0 Å². The minimum absolute atomic E-state index is 0.213. The number of nitrogen functional groups attached to an aromatic ring is 1. The molecule has 76 valence electrons. The minimum Gasteiger partial charge on any atom is -0.397 e. The summed E-state index contributed by atoms with van der Waals surface area (Å²) >= 11 is 0. The quantitative estimate of drug-likeness (QED) is 0.772. The van der Waals surface area contributed by atoms with Crippen molar-refractivity contribution in [2.75, 3.05) is 5.73 Å². The summed E-state index contributed by atoms with van der Waals surface area (Å²) in [5.74, 6) is -0.213. The molecule has 15 heavy (non-hydrogen) atoms. The van der Waals surface area contributed by atoms with E-state index in [1.807, 2.05) is 6.07 Å². The van der Waals surface area contributed by atoms with Crippen LogP contribution in [0.25, 0.3) is 11.1 Å². The number of hydrogen-bond acceptors (Lipinski definition) is 2. The highest BCUT2D eigenvalue weighted by molar-refractivity contribution is 5.69. The third-order valence-corrected chi connectivity index (χ3v) is 2.34. The van der Waals surface area contributed by atoms with E-state index in [4.69, 9.17) is 5.73 Å². The van der Waals surface area contributed by atoms with Crippen molar-refractivity contribution < 1.29 is 4.39 Å². The predicted octanol–water partition coefficient (Wildman–Crippen LogP) is 2.78. The Morgan fingerprint density at radius 2 is 2.07 bits per heavy atom. The van der Waals surface area contributed by atoms with E-state index < -0.39 is 0 Å². The van der Waals surface area contributed by atoms with Gasteiger partial charge in [-0.25, -0.2) is 4.39 Å². The summed E-state index contributed by atoms with van der Waals surface area (Å²) in [6.45, 7) is 1.74. The largest absolute Gasteiger partial charge is 0.397 e. The fourth-order valence-corrected chi connectivity index (χ4v) is 1.53. The van der Waals surface area contributed by atoms with Gasteiger partial charge in [-0.05, 0) is 30.2 Å². The van der Waals surface area contributed by atoms with Crippen molar-refractivity contribution in [1.82, 2.24) is 4.98 Å². The van der Waals surface area contributed by atoms with E-state index in [0.717, 1.165) is 11.1 Å². The Balaban J connectivity index is 2.59. The summed E-state index contributed by atoms with van der Waals surface area (Å²) in [5, 5.41) is 0. The summed E-state index contributed by atoms with van der Waals surface area (Å²) in [7, 11) is 0. The molecule has 0 fully saturated rings. The van der Waals surface area contributed by atoms with Crippen molar-refractivity contribution in [2.24, 2.45) is 0 Å². The molecule has 2 N–H and O–H groups in total. The highest BCUT2D eigenvalue weighted by Gasteiger charge is 2.05. The van der Waals surface area contributed by atoms with Gasteiger partial charge >= 0.3 is 0 Å². The molecule has 0 saturated heterocycles. The molecule has 1 aromatic carbocycles. The molecule has 0 atom stereocenters. The van der Waals surface area contributed by atoms with Crippen LogP contribution in [0, 0.1) is 12.7 Å². The molecule has 2 rings (SSSR count). The SMILES string of the molecule is Cc1c(F)cccc1-c1cncc(N)c1. The fourth-order valence-electron chi connectivity index (χ4n) is 1.53. The predicted molar refractivity (Wildman–Crippen MR) is 58.8 cm³/mol. The molecule has 0 amide bonds. The first-order chi connectivity index (χ1) is 7.18. The lowest BCUT2D eigenvalue weighted by molar-refractivity contribution is 0.619. The molecule has 1 aromatic heterocycles. The van der Waals surface area contributed by atoms with Crippen LogP contribution in [0.5, 0.6) is 0 Å². The van der Waals surface area contributed by atoms with Crippen LogP contribution in [0.1, 0.15) is 5.56 Å². The highest BCUT2D eigenvalue weighted by Crippen LogP contribution is 2.25. The Labute approximate surface area is 87.6 Å². The number of benzene rings is 1. The first-order valence-electron chi connectivity index (χ1n) is 4.64. The van der Waals surface area contributed by atoms with Crippen molar-refractivity contribution in [3.8, 4) is 11.1 Å². The number of nitrogens with zero attached hydrogens (tertiary/aromatic N) is 1. The number of rotatable bonds is 1. The van der Waals surface area contributed by atoms with Gasteiger partial charge in [0.1, 0.15) is 5.82 Å². The van der Waals surface area contributed by atoms with Crippen molar-refractivity contribution >= 4 is 5.69 Å².